The quantitative estimate of drug-likeness (QED) is 0.264. The van der Waals surface area contributed by atoms with Crippen LogP contribution in [-0.2, 0) is 16.4 Å². The largest absolute Gasteiger partial charge is 0.489 e. The van der Waals surface area contributed by atoms with E-state index in [9.17, 15) is 12.8 Å². The molecular weight excluding hydrogens is 540 g/mol. The van der Waals surface area contributed by atoms with Crippen molar-refractivity contribution in [3.05, 3.63) is 99.5 Å². The third kappa shape index (κ3) is 4.88. The zero-order valence-electron chi connectivity index (χ0n) is 17.5. The van der Waals surface area contributed by atoms with Crippen LogP contribution < -0.4 is 4.74 Å². The van der Waals surface area contributed by atoms with Gasteiger partial charge >= 0.3 is 0 Å². The molecule has 4 aromatic rings. The van der Waals surface area contributed by atoms with Gasteiger partial charge in [0.15, 0.2) is 9.84 Å². The van der Waals surface area contributed by atoms with Crippen molar-refractivity contribution >= 4 is 32.4 Å². The zero-order chi connectivity index (χ0) is 22.9. The van der Waals surface area contributed by atoms with Crippen LogP contribution in [0.2, 0.25) is 0 Å². The normalized spacial score (nSPS) is 11.5. The molecule has 0 atom stereocenters. The summed E-state index contributed by atoms with van der Waals surface area (Å²) < 4.78 is 46.4. The Balaban J connectivity index is 1.76. The maximum atomic E-state index is 13.5. The maximum absolute atomic E-state index is 13.5. The molecule has 0 aliphatic heterocycles. The molecule has 0 aliphatic carbocycles. The van der Waals surface area contributed by atoms with Gasteiger partial charge in [-0.1, -0.05) is 12.1 Å². The van der Waals surface area contributed by atoms with E-state index in [2.05, 4.69) is 22.6 Å². The monoisotopic (exact) mass is 561 g/mol. The number of nitrogens with zero attached hydrogens (tertiary/aromatic N) is 1. The number of ether oxygens (including phenoxy) is 1. The third-order valence-electron chi connectivity index (χ3n) is 5.22. The standard InChI is InChI=1S/C25H21FINO3S/c1-17-19(16-31-23-11-7-21(27)8-12-23)15-25(28(17)22-9-5-20(26)6-10-22)18-3-13-24(14-4-18)32(2,29)30/h3-15H,16H2,1-2H3. The molecule has 0 unspecified atom stereocenters. The van der Waals surface area contributed by atoms with Crippen molar-refractivity contribution in [1.29, 1.82) is 0 Å². The highest BCUT2D eigenvalue weighted by Gasteiger charge is 2.17. The Kier molecular flexibility index (Phi) is 6.39. The van der Waals surface area contributed by atoms with E-state index in [1.54, 1.807) is 36.4 Å². The van der Waals surface area contributed by atoms with Crippen molar-refractivity contribution < 1.29 is 17.5 Å². The molecule has 0 radical (unpaired) electrons. The molecule has 0 amide bonds. The molecule has 0 spiro atoms. The molecule has 7 heteroatoms. The van der Waals surface area contributed by atoms with Gasteiger partial charge in [0.25, 0.3) is 0 Å². The highest BCUT2D eigenvalue weighted by Crippen LogP contribution is 2.31. The number of hydrogen-bond donors (Lipinski definition) is 0. The van der Waals surface area contributed by atoms with Gasteiger partial charge in [-0.3, -0.25) is 0 Å². The average molecular weight is 561 g/mol. The summed E-state index contributed by atoms with van der Waals surface area (Å²) in [4.78, 5) is 0.264. The van der Waals surface area contributed by atoms with Gasteiger partial charge in [0.05, 0.1) is 10.6 Å². The summed E-state index contributed by atoms with van der Waals surface area (Å²) >= 11 is 2.25. The predicted molar refractivity (Wildman–Crippen MR) is 133 cm³/mol. The highest BCUT2D eigenvalue weighted by atomic mass is 127. The summed E-state index contributed by atoms with van der Waals surface area (Å²) in [5.41, 5.74) is 4.48. The number of sulfone groups is 1. The van der Waals surface area contributed by atoms with Gasteiger partial charge in [-0.15, -0.1) is 0 Å². The second-order valence-corrected chi connectivity index (χ2v) is 10.8. The Bertz CT molecular complexity index is 1340. The fourth-order valence-corrected chi connectivity index (χ4v) is 4.49. The van der Waals surface area contributed by atoms with Crippen molar-refractivity contribution in [3.8, 4) is 22.7 Å². The number of aromatic nitrogens is 1. The Hall–Kier alpha value is -2.65. The number of halogens is 2. The van der Waals surface area contributed by atoms with Crippen molar-refractivity contribution in [1.82, 2.24) is 4.57 Å². The lowest BCUT2D eigenvalue weighted by molar-refractivity contribution is 0.305. The number of hydrogen-bond acceptors (Lipinski definition) is 3. The first-order valence-electron chi connectivity index (χ1n) is 9.88. The molecule has 0 N–H and O–H groups in total. The first kappa shape index (κ1) is 22.5. The minimum atomic E-state index is -3.28. The molecule has 0 saturated heterocycles. The Morgan fingerprint density at radius 3 is 2.16 bits per heavy atom. The maximum Gasteiger partial charge on any atom is 0.175 e. The summed E-state index contributed by atoms with van der Waals surface area (Å²) in [5, 5.41) is 0. The molecule has 0 bridgehead atoms. The summed E-state index contributed by atoms with van der Waals surface area (Å²) in [6.07, 6.45) is 1.19. The molecule has 1 aromatic heterocycles. The highest BCUT2D eigenvalue weighted by molar-refractivity contribution is 14.1. The van der Waals surface area contributed by atoms with E-state index < -0.39 is 9.84 Å². The van der Waals surface area contributed by atoms with Gasteiger partial charge in [-0.25, -0.2) is 12.8 Å². The van der Waals surface area contributed by atoms with Crippen LogP contribution in [0.3, 0.4) is 0 Å². The number of rotatable bonds is 6. The lowest BCUT2D eigenvalue weighted by Gasteiger charge is -2.13. The van der Waals surface area contributed by atoms with Crippen LogP contribution in [0, 0.1) is 16.3 Å². The second-order valence-electron chi connectivity index (χ2n) is 7.49. The van der Waals surface area contributed by atoms with Gasteiger partial charge in [-0.2, -0.15) is 0 Å². The van der Waals surface area contributed by atoms with Gasteiger partial charge in [0.2, 0.25) is 0 Å². The predicted octanol–water partition coefficient (Wildman–Crippen LogP) is 6.18. The van der Waals surface area contributed by atoms with Gasteiger partial charge < -0.3 is 9.30 Å². The third-order valence-corrected chi connectivity index (χ3v) is 7.07. The molecule has 0 aliphatic rings. The summed E-state index contributed by atoms with van der Waals surface area (Å²) in [5.74, 6) is 0.471. The van der Waals surface area contributed by atoms with Gasteiger partial charge in [-0.05, 0) is 102 Å². The van der Waals surface area contributed by atoms with Crippen molar-refractivity contribution in [2.24, 2.45) is 0 Å². The number of benzene rings is 3. The average Bonchev–Trinajstić information content (AvgIpc) is 3.10. The SMILES string of the molecule is Cc1c(COc2ccc(I)cc2)cc(-c2ccc(S(C)(=O)=O)cc2)n1-c1ccc(F)cc1. The van der Waals surface area contributed by atoms with E-state index in [-0.39, 0.29) is 10.7 Å². The molecule has 0 saturated carbocycles. The zero-order valence-corrected chi connectivity index (χ0v) is 20.5. The van der Waals surface area contributed by atoms with Gasteiger partial charge in [0, 0.05) is 26.8 Å². The summed E-state index contributed by atoms with van der Waals surface area (Å²) in [6, 6.07) is 22.9. The van der Waals surface area contributed by atoms with Crippen LogP contribution >= 0.6 is 22.6 Å². The van der Waals surface area contributed by atoms with Crippen molar-refractivity contribution in [3.63, 3.8) is 0 Å². The van der Waals surface area contributed by atoms with E-state index in [0.29, 0.717) is 6.61 Å². The van der Waals surface area contributed by atoms with Gasteiger partial charge in [0.1, 0.15) is 18.2 Å². The smallest absolute Gasteiger partial charge is 0.175 e. The molecular formula is C25H21FINO3S. The summed E-state index contributed by atoms with van der Waals surface area (Å²) in [7, 11) is -3.28. The molecule has 0 fully saturated rings. The molecule has 164 valence electrons. The van der Waals surface area contributed by atoms with Crippen LogP contribution in [0.5, 0.6) is 5.75 Å². The Morgan fingerprint density at radius 1 is 0.938 bits per heavy atom. The van der Waals surface area contributed by atoms with Crippen molar-refractivity contribution in [2.45, 2.75) is 18.4 Å². The Morgan fingerprint density at radius 2 is 1.56 bits per heavy atom. The fraction of sp³-hybridized carbons (Fsp3) is 0.120. The first-order valence-corrected chi connectivity index (χ1v) is 12.9. The fourth-order valence-electron chi connectivity index (χ4n) is 3.50. The van der Waals surface area contributed by atoms with Crippen LogP contribution in [0.4, 0.5) is 4.39 Å². The van der Waals surface area contributed by atoms with E-state index >= 15 is 0 Å². The molecule has 1 heterocycles. The van der Waals surface area contributed by atoms with E-state index in [0.717, 1.165) is 37.5 Å². The lowest BCUT2D eigenvalue weighted by atomic mass is 10.1. The first-order chi connectivity index (χ1) is 15.2. The minimum Gasteiger partial charge on any atom is -0.489 e. The van der Waals surface area contributed by atoms with E-state index in [1.165, 1.54) is 18.4 Å². The molecule has 3 aromatic carbocycles. The van der Waals surface area contributed by atoms with Crippen LogP contribution in [0.25, 0.3) is 16.9 Å². The molecule has 32 heavy (non-hydrogen) atoms. The van der Waals surface area contributed by atoms with E-state index in [1.807, 2.05) is 41.8 Å². The Labute approximate surface area is 200 Å². The molecule has 4 nitrogen and oxygen atoms in total. The van der Waals surface area contributed by atoms with E-state index in [4.69, 9.17) is 4.74 Å². The van der Waals surface area contributed by atoms with Crippen LogP contribution in [0.1, 0.15) is 11.3 Å². The van der Waals surface area contributed by atoms with Crippen LogP contribution in [0.15, 0.2) is 83.8 Å². The topological polar surface area (TPSA) is 48.3 Å². The minimum absolute atomic E-state index is 0.264. The second kappa shape index (κ2) is 9.07. The summed E-state index contributed by atoms with van der Waals surface area (Å²) in [6.45, 7) is 2.36. The molecule has 4 rings (SSSR count). The lowest BCUT2D eigenvalue weighted by Crippen LogP contribution is -2.02. The van der Waals surface area contributed by atoms with Crippen LogP contribution in [-0.4, -0.2) is 19.2 Å². The van der Waals surface area contributed by atoms with Crippen molar-refractivity contribution in [2.75, 3.05) is 6.26 Å².